The van der Waals surface area contributed by atoms with E-state index in [9.17, 15) is 14.4 Å². The molecule has 3 amide bonds. The highest BCUT2D eigenvalue weighted by Gasteiger charge is 2.44. The van der Waals surface area contributed by atoms with E-state index in [4.69, 9.17) is 14.5 Å². The molecule has 0 unspecified atom stereocenters. The Hall–Kier alpha value is -2.95. The third-order valence-corrected chi connectivity index (χ3v) is 9.73. The second-order valence-corrected chi connectivity index (χ2v) is 16.6. The highest BCUT2D eigenvalue weighted by molar-refractivity contribution is 5.98. The van der Waals surface area contributed by atoms with Gasteiger partial charge in [0, 0.05) is 64.1 Å². The van der Waals surface area contributed by atoms with Crippen LogP contribution in [-0.4, -0.2) is 107 Å². The summed E-state index contributed by atoms with van der Waals surface area (Å²) in [6.07, 6.45) is 9.23. The summed E-state index contributed by atoms with van der Waals surface area (Å²) in [6.45, 7) is 18.8. The lowest BCUT2D eigenvalue weighted by atomic mass is 9.77. The van der Waals surface area contributed by atoms with Gasteiger partial charge in [0.1, 0.15) is 22.8 Å². The van der Waals surface area contributed by atoms with E-state index >= 15 is 0 Å². The van der Waals surface area contributed by atoms with Gasteiger partial charge in [-0.2, -0.15) is 0 Å². The molecule has 1 aliphatic carbocycles. The molecule has 0 radical (unpaired) electrons. The van der Waals surface area contributed by atoms with Crippen molar-refractivity contribution in [3.8, 4) is 0 Å². The molecule has 1 aromatic rings. The van der Waals surface area contributed by atoms with Gasteiger partial charge >= 0.3 is 6.09 Å². The third kappa shape index (κ3) is 9.82. The van der Waals surface area contributed by atoms with E-state index in [-0.39, 0.29) is 41.8 Å². The minimum absolute atomic E-state index is 0.111. The number of nitrogens with one attached hydrogen (secondary N) is 1. The lowest BCUT2D eigenvalue weighted by Gasteiger charge is -2.48. The maximum atomic E-state index is 14.7. The average Bonchev–Trinajstić information content (AvgIpc) is 3.03. The highest BCUT2D eigenvalue weighted by Crippen LogP contribution is 2.37. The molecule has 4 atom stereocenters. The van der Waals surface area contributed by atoms with Gasteiger partial charge in [-0.15, -0.1) is 0 Å². The third-order valence-electron chi connectivity index (χ3n) is 9.73. The van der Waals surface area contributed by atoms with Crippen molar-refractivity contribution in [2.24, 2.45) is 17.8 Å². The first-order valence-electron chi connectivity index (χ1n) is 18.3. The van der Waals surface area contributed by atoms with Gasteiger partial charge in [-0.25, -0.2) is 14.8 Å². The van der Waals surface area contributed by atoms with Crippen LogP contribution in [-0.2, 0) is 19.7 Å². The number of amides is 3. The molecule has 270 valence electrons. The van der Waals surface area contributed by atoms with Crippen molar-refractivity contribution in [1.82, 2.24) is 24.7 Å². The monoisotopic (exact) mass is 670 g/mol. The van der Waals surface area contributed by atoms with E-state index in [0.29, 0.717) is 55.8 Å². The Morgan fingerprint density at radius 2 is 1.75 bits per heavy atom. The van der Waals surface area contributed by atoms with Crippen molar-refractivity contribution in [3.05, 3.63) is 17.6 Å². The smallest absolute Gasteiger partial charge is 0.410 e. The summed E-state index contributed by atoms with van der Waals surface area (Å²) in [6, 6.07) is -0.111. The first-order chi connectivity index (χ1) is 22.6. The zero-order chi connectivity index (χ0) is 35.2. The minimum atomic E-state index is -0.686. The molecule has 3 aliphatic rings. The maximum absolute atomic E-state index is 14.7. The molecule has 0 spiro atoms. The van der Waals surface area contributed by atoms with Gasteiger partial charge in [-0.3, -0.25) is 9.59 Å². The highest BCUT2D eigenvalue weighted by atomic mass is 16.6. The Balaban J connectivity index is 1.68. The molecule has 1 aromatic heterocycles. The van der Waals surface area contributed by atoms with Crippen LogP contribution in [0.3, 0.4) is 0 Å². The SMILES string of the molecule is COCCCNc1nc(C(C)(C)C)ncc1C(=O)N(CC(C)C)[C@H]1C[C@@H](C(=O)N2CCC[C@H]3CCCC[C@@H]32)CN(C(=O)OC(C)(C)C)C1. The molecular weight excluding hydrogens is 608 g/mol. The van der Waals surface area contributed by atoms with Crippen LogP contribution in [0.15, 0.2) is 6.20 Å². The minimum Gasteiger partial charge on any atom is -0.444 e. The van der Waals surface area contributed by atoms with E-state index in [1.807, 2.05) is 46.4 Å². The second kappa shape index (κ2) is 16.2. The summed E-state index contributed by atoms with van der Waals surface area (Å²) < 4.78 is 11.1. The lowest BCUT2D eigenvalue weighted by Crippen LogP contribution is -2.59. The second-order valence-electron chi connectivity index (χ2n) is 16.6. The van der Waals surface area contributed by atoms with E-state index in [1.54, 1.807) is 18.2 Å². The Bertz CT molecular complexity index is 1260. The van der Waals surface area contributed by atoms with Gasteiger partial charge in [0.25, 0.3) is 5.91 Å². The summed E-state index contributed by atoms with van der Waals surface area (Å²) in [7, 11) is 1.67. The Labute approximate surface area is 288 Å². The normalized spacial score (nSPS) is 23.5. The van der Waals surface area contributed by atoms with Crippen molar-refractivity contribution in [3.63, 3.8) is 0 Å². The number of nitrogens with zero attached hydrogens (tertiary/aromatic N) is 5. The van der Waals surface area contributed by atoms with Crippen LogP contribution < -0.4 is 5.32 Å². The molecular formula is C37H62N6O5. The van der Waals surface area contributed by atoms with E-state index in [0.717, 1.165) is 32.2 Å². The number of hydrogen-bond donors (Lipinski definition) is 1. The van der Waals surface area contributed by atoms with Gasteiger partial charge in [0.05, 0.1) is 12.0 Å². The predicted molar refractivity (Wildman–Crippen MR) is 188 cm³/mol. The first-order valence-corrected chi connectivity index (χ1v) is 18.3. The van der Waals surface area contributed by atoms with Gasteiger partial charge < -0.3 is 29.5 Å². The number of methoxy groups -OCH3 is 1. The average molecular weight is 671 g/mol. The van der Waals surface area contributed by atoms with Gasteiger partial charge in [0.2, 0.25) is 5.91 Å². The molecule has 2 aliphatic heterocycles. The van der Waals surface area contributed by atoms with Gasteiger partial charge in [-0.05, 0) is 71.1 Å². The van der Waals surface area contributed by atoms with Crippen LogP contribution in [0.1, 0.15) is 123 Å². The molecule has 2 saturated heterocycles. The number of fused-ring (bicyclic) bond motifs is 1. The van der Waals surface area contributed by atoms with Crippen molar-refractivity contribution >= 4 is 23.7 Å². The molecule has 0 bridgehead atoms. The zero-order valence-electron chi connectivity index (χ0n) is 31.1. The quantitative estimate of drug-likeness (QED) is 0.296. The van der Waals surface area contributed by atoms with Crippen LogP contribution in [0.25, 0.3) is 0 Å². The van der Waals surface area contributed by atoms with Gasteiger partial charge in [-0.1, -0.05) is 47.5 Å². The molecule has 1 N–H and O–H groups in total. The number of carbonyl (C=O) groups excluding carboxylic acids is 3. The van der Waals surface area contributed by atoms with Gasteiger partial charge in [0.15, 0.2) is 0 Å². The summed E-state index contributed by atoms with van der Waals surface area (Å²) in [5, 5.41) is 3.38. The predicted octanol–water partition coefficient (Wildman–Crippen LogP) is 6.13. The number of aromatic nitrogens is 2. The molecule has 11 nitrogen and oxygen atoms in total. The van der Waals surface area contributed by atoms with E-state index in [2.05, 4.69) is 29.0 Å². The largest absolute Gasteiger partial charge is 0.444 e. The molecule has 0 aromatic carbocycles. The topological polar surface area (TPSA) is 117 Å². The molecule has 11 heteroatoms. The van der Waals surface area contributed by atoms with Crippen LogP contribution >= 0.6 is 0 Å². The van der Waals surface area contributed by atoms with Crippen LogP contribution in [0.5, 0.6) is 0 Å². The number of carbonyl (C=O) groups is 3. The van der Waals surface area contributed by atoms with Crippen molar-refractivity contribution in [2.75, 3.05) is 51.8 Å². The molecule has 3 heterocycles. The lowest BCUT2D eigenvalue weighted by molar-refractivity contribution is -0.144. The van der Waals surface area contributed by atoms with E-state index in [1.165, 1.54) is 19.3 Å². The van der Waals surface area contributed by atoms with E-state index < -0.39 is 17.6 Å². The molecule has 48 heavy (non-hydrogen) atoms. The molecule has 3 fully saturated rings. The number of piperidine rings is 2. The number of anilines is 1. The fourth-order valence-corrected chi connectivity index (χ4v) is 7.49. The number of rotatable bonds is 10. The summed E-state index contributed by atoms with van der Waals surface area (Å²) in [5.74, 6) is 1.33. The Morgan fingerprint density at radius 1 is 1.04 bits per heavy atom. The molecule has 1 saturated carbocycles. The van der Waals surface area contributed by atoms with Crippen molar-refractivity contribution in [2.45, 2.75) is 130 Å². The van der Waals surface area contributed by atoms with Crippen molar-refractivity contribution < 1.29 is 23.9 Å². The van der Waals surface area contributed by atoms with Crippen LogP contribution in [0.2, 0.25) is 0 Å². The van der Waals surface area contributed by atoms with Crippen molar-refractivity contribution in [1.29, 1.82) is 0 Å². The van der Waals surface area contributed by atoms with Crippen LogP contribution in [0, 0.1) is 17.8 Å². The molecule has 4 rings (SSSR count). The standard InChI is InChI=1S/C37H62N6O5/c1-25(2)22-43(33(45)29-21-39-34(36(3,4)5)40-31(29)38-17-13-19-47-9)28-20-27(23-41(24-28)35(46)48-37(6,7)8)32(44)42-18-12-15-26-14-10-11-16-30(26)42/h21,25-28,30H,10-20,22-24H2,1-9H3,(H,38,39,40)/t26-,27-,28+,30+/m1/s1. The van der Waals surface area contributed by atoms with Crippen LogP contribution in [0.4, 0.5) is 10.6 Å². The zero-order valence-corrected chi connectivity index (χ0v) is 31.1. The summed E-state index contributed by atoms with van der Waals surface area (Å²) >= 11 is 0. The Kier molecular flexibility index (Phi) is 12.8. The number of likely N-dealkylation sites (tertiary alicyclic amines) is 2. The summed E-state index contributed by atoms with van der Waals surface area (Å²) in [4.78, 5) is 57.9. The first kappa shape index (κ1) is 37.9. The fraction of sp³-hybridized carbons (Fsp3) is 0.811. The number of hydrogen-bond acceptors (Lipinski definition) is 8. The number of ether oxygens (including phenoxy) is 2. The maximum Gasteiger partial charge on any atom is 0.410 e. The fourth-order valence-electron chi connectivity index (χ4n) is 7.49. The summed E-state index contributed by atoms with van der Waals surface area (Å²) in [5.41, 5.74) is -0.604. The Morgan fingerprint density at radius 3 is 2.42 bits per heavy atom.